The van der Waals surface area contributed by atoms with Crippen molar-refractivity contribution in [1.29, 1.82) is 0 Å². The molecule has 25 heavy (non-hydrogen) atoms. The number of rotatable bonds is 5. The Hall–Kier alpha value is -1.37. The van der Waals surface area contributed by atoms with Crippen molar-refractivity contribution in [1.82, 2.24) is 9.80 Å². The number of anilines is 1. The number of hydrogen-bond acceptors (Lipinski definition) is 3. The average molecular weight is 422 g/mol. The lowest BCUT2D eigenvalue weighted by molar-refractivity contribution is 0.127. The Balaban J connectivity index is 1.72. The number of carbonyl (C=O) groups excluding carboxylic acids is 1. The van der Waals surface area contributed by atoms with Crippen molar-refractivity contribution in [3.05, 3.63) is 51.1 Å². The molecule has 1 N–H and O–H groups in total. The number of nitrogens with one attached hydrogen (secondary N) is 1. The number of likely N-dealkylation sites (tertiary alicyclic amines) is 1. The number of thiophene rings is 1. The SMILES string of the molecule is CCN1CCC(N(Cc2cccs2)C(=O)Nc2cccc(Br)c2)CC1. The lowest BCUT2D eigenvalue weighted by Crippen LogP contribution is -2.48. The Labute approximate surface area is 162 Å². The summed E-state index contributed by atoms with van der Waals surface area (Å²) in [7, 11) is 0. The summed E-state index contributed by atoms with van der Waals surface area (Å²) >= 11 is 5.17. The highest BCUT2D eigenvalue weighted by Gasteiger charge is 2.28. The molecule has 1 aliphatic heterocycles. The number of amides is 2. The van der Waals surface area contributed by atoms with Gasteiger partial charge in [-0.3, -0.25) is 0 Å². The van der Waals surface area contributed by atoms with Crippen molar-refractivity contribution in [2.24, 2.45) is 0 Å². The minimum atomic E-state index is -0.0125. The van der Waals surface area contributed by atoms with Crippen molar-refractivity contribution >= 4 is 39.0 Å². The number of urea groups is 1. The number of nitrogens with zero attached hydrogens (tertiary/aromatic N) is 2. The van der Waals surface area contributed by atoms with Crippen LogP contribution in [0.25, 0.3) is 0 Å². The van der Waals surface area contributed by atoms with Gasteiger partial charge in [0, 0.05) is 34.2 Å². The molecule has 0 radical (unpaired) electrons. The van der Waals surface area contributed by atoms with E-state index in [-0.39, 0.29) is 12.1 Å². The lowest BCUT2D eigenvalue weighted by Gasteiger charge is -2.38. The molecule has 2 aromatic rings. The van der Waals surface area contributed by atoms with Crippen molar-refractivity contribution in [3.63, 3.8) is 0 Å². The third kappa shape index (κ3) is 5.06. The van der Waals surface area contributed by atoms with Crippen LogP contribution in [0.5, 0.6) is 0 Å². The van der Waals surface area contributed by atoms with Gasteiger partial charge in [0.2, 0.25) is 0 Å². The first-order chi connectivity index (χ1) is 12.2. The zero-order valence-electron chi connectivity index (χ0n) is 14.5. The number of benzene rings is 1. The summed E-state index contributed by atoms with van der Waals surface area (Å²) in [4.78, 5) is 18.7. The van der Waals surface area contributed by atoms with E-state index in [1.54, 1.807) is 11.3 Å². The summed E-state index contributed by atoms with van der Waals surface area (Å²) < 4.78 is 0.964. The van der Waals surface area contributed by atoms with Gasteiger partial charge in [0.1, 0.15) is 0 Å². The molecule has 1 aliphatic rings. The standard InChI is InChI=1S/C19H24BrN3OS/c1-2-22-10-8-17(9-11-22)23(14-18-7-4-12-25-18)19(24)21-16-6-3-5-15(20)13-16/h3-7,12-13,17H,2,8-11,14H2,1H3,(H,21,24). The fourth-order valence-corrected chi connectivity index (χ4v) is 4.35. The van der Waals surface area contributed by atoms with Crippen LogP contribution < -0.4 is 5.32 Å². The Bertz CT molecular complexity index is 684. The van der Waals surface area contributed by atoms with Crippen LogP contribution in [-0.4, -0.2) is 41.5 Å². The number of piperidine rings is 1. The molecule has 4 nitrogen and oxygen atoms in total. The van der Waals surface area contributed by atoms with Gasteiger partial charge in [-0.15, -0.1) is 11.3 Å². The third-order valence-corrected chi connectivity index (χ3v) is 6.04. The molecule has 0 aliphatic carbocycles. The Morgan fingerprint density at radius 3 is 2.76 bits per heavy atom. The predicted molar refractivity (Wildman–Crippen MR) is 108 cm³/mol. The van der Waals surface area contributed by atoms with E-state index in [0.717, 1.165) is 42.6 Å². The molecule has 2 amide bonds. The zero-order valence-corrected chi connectivity index (χ0v) is 16.9. The van der Waals surface area contributed by atoms with Gasteiger partial charge in [0.05, 0.1) is 6.54 Å². The summed E-state index contributed by atoms with van der Waals surface area (Å²) in [6.07, 6.45) is 2.07. The van der Waals surface area contributed by atoms with E-state index >= 15 is 0 Å². The van der Waals surface area contributed by atoms with Gasteiger partial charge in [-0.05, 0) is 49.0 Å². The highest BCUT2D eigenvalue weighted by Crippen LogP contribution is 2.23. The summed E-state index contributed by atoms with van der Waals surface area (Å²) in [5, 5.41) is 5.13. The van der Waals surface area contributed by atoms with Crippen LogP contribution in [0.1, 0.15) is 24.6 Å². The van der Waals surface area contributed by atoms with Crippen LogP contribution in [0, 0.1) is 0 Å². The Morgan fingerprint density at radius 1 is 1.32 bits per heavy atom. The van der Waals surface area contributed by atoms with Crippen LogP contribution in [0.2, 0.25) is 0 Å². The van der Waals surface area contributed by atoms with Gasteiger partial charge >= 0.3 is 6.03 Å². The van der Waals surface area contributed by atoms with E-state index in [4.69, 9.17) is 0 Å². The van der Waals surface area contributed by atoms with E-state index in [9.17, 15) is 4.79 Å². The predicted octanol–water partition coefficient (Wildman–Crippen LogP) is 5.03. The molecule has 3 rings (SSSR count). The number of hydrogen-bond donors (Lipinski definition) is 1. The van der Waals surface area contributed by atoms with Gasteiger partial charge in [0.15, 0.2) is 0 Å². The second kappa shape index (κ2) is 8.83. The summed E-state index contributed by atoms with van der Waals surface area (Å²) in [5.41, 5.74) is 0.821. The summed E-state index contributed by atoms with van der Waals surface area (Å²) in [6.45, 7) is 6.08. The van der Waals surface area contributed by atoms with Gasteiger partial charge in [-0.2, -0.15) is 0 Å². The van der Waals surface area contributed by atoms with E-state index in [1.807, 2.05) is 35.2 Å². The zero-order chi connectivity index (χ0) is 17.6. The van der Waals surface area contributed by atoms with Gasteiger partial charge in [0.25, 0.3) is 0 Å². The highest BCUT2D eigenvalue weighted by atomic mass is 79.9. The van der Waals surface area contributed by atoms with E-state index < -0.39 is 0 Å². The van der Waals surface area contributed by atoms with Crippen molar-refractivity contribution in [2.75, 3.05) is 25.0 Å². The number of carbonyl (C=O) groups is 1. The largest absolute Gasteiger partial charge is 0.322 e. The fourth-order valence-electron chi connectivity index (χ4n) is 3.25. The minimum Gasteiger partial charge on any atom is -0.316 e. The Kier molecular flexibility index (Phi) is 6.51. The molecule has 2 heterocycles. The molecule has 1 aromatic carbocycles. The summed E-state index contributed by atoms with van der Waals surface area (Å²) in [5.74, 6) is 0. The smallest absolute Gasteiger partial charge is 0.316 e. The molecule has 0 saturated carbocycles. The lowest BCUT2D eigenvalue weighted by atomic mass is 10.0. The highest BCUT2D eigenvalue weighted by molar-refractivity contribution is 9.10. The molecular formula is C19H24BrN3OS. The quantitative estimate of drug-likeness (QED) is 0.734. The maximum atomic E-state index is 13.0. The van der Waals surface area contributed by atoms with Crippen LogP contribution in [0.4, 0.5) is 10.5 Å². The van der Waals surface area contributed by atoms with Crippen LogP contribution in [-0.2, 0) is 6.54 Å². The van der Waals surface area contributed by atoms with Crippen LogP contribution >= 0.6 is 27.3 Å². The van der Waals surface area contributed by atoms with Crippen molar-refractivity contribution in [3.8, 4) is 0 Å². The molecule has 0 unspecified atom stereocenters. The maximum absolute atomic E-state index is 13.0. The Morgan fingerprint density at radius 2 is 2.12 bits per heavy atom. The van der Waals surface area contributed by atoms with Gasteiger partial charge in [-0.1, -0.05) is 35.0 Å². The van der Waals surface area contributed by atoms with E-state index in [2.05, 4.69) is 44.5 Å². The molecule has 0 bridgehead atoms. The third-order valence-electron chi connectivity index (χ3n) is 4.69. The van der Waals surface area contributed by atoms with Crippen LogP contribution in [0.3, 0.4) is 0 Å². The second-order valence-electron chi connectivity index (χ2n) is 6.31. The van der Waals surface area contributed by atoms with E-state index in [1.165, 1.54) is 4.88 Å². The average Bonchev–Trinajstić information content (AvgIpc) is 3.13. The van der Waals surface area contributed by atoms with E-state index in [0.29, 0.717) is 6.54 Å². The van der Waals surface area contributed by atoms with Crippen molar-refractivity contribution < 1.29 is 4.79 Å². The molecule has 0 spiro atoms. The molecule has 6 heteroatoms. The van der Waals surface area contributed by atoms with Crippen LogP contribution in [0.15, 0.2) is 46.3 Å². The normalized spacial score (nSPS) is 15.9. The molecule has 134 valence electrons. The molecule has 1 aromatic heterocycles. The molecular weight excluding hydrogens is 398 g/mol. The van der Waals surface area contributed by atoms with Gasteiger partial charge < -0.3 is 15.1 Å². The monoisotopic (exact) mass is 421 g/mol. The topological polar surface area (TPSA) is 35.6 Å². The first kappa shape index (κ1) is 18.4. The number of halogens is 1. The second-order valence-corrected chi connectivity index (χ2v) is 8.26. The van der Waals surface area contributed by atoms with Gasteiger partial charge in [-0.25, -0.2) is 4.79 Å². The van der Waals surface area contributed by atoms with Crippen molar-refractivity contribution in [2.45, 2.75) is 32.4 Å². The summed E-state index contributed by atoms with van der Waals surface area (Å²) in [6, 6.07) is 12.2. The molecule has 1 fully saturated rings. The molecule has 0 atom stereocenters. The fraction of sp³-hybridized carbons (Fsp3) is 0.421. The first-order valence-electron chi connectivity index (χ1n) is 8.73. The molecule has 1 saturated heterocycles. The first-order valence-corrected chi connectivity index (χ1v) is 10.4. The maximum Gasteiger partial charge on any atom is 0.322 e. The minimum absolute atomic E-state index is 0.0125.